The normalized spacial score (nSPS) is 14.8. The van der Waals surface area contributed by atoms with E-state index in [1.165, 1.54) is 47.4 Å². The number of amides is 1. The predicted molar refractivity (Wildman–Crippen MR) is 93.9 cm³/mol. The Labute approximate surface area is 155 Å². The molecule has 144 valence electrons. The number of nitrogens with zero attached hydrogens (tertiary/aromatic N) is 1. The first kappa shape index (κ1) is 19.4. The Morgan fingerprint density at radius 1 is 1.11 bits per heavy atom. The van der Waals surface area contributed by atoms with Crippen molar-refractivity contribution in [3.8, 4) is 0 Å². The lowest BCUT2D eigenvalue weighted by Crippen LogP contribution is -2.33. The Hall–Kier alpha value is -2.35. The van der Waals surface area contributed by atoms with Gasteiger partial charge in [0, 0.05) is 24.4 Å². The van der Waals surface area contributed by atoms with Crippen LogP contribution in [0.4, 0.5) is 13.2 Å². The lowest BCUT2D eigenvalue weighted by atomic mass is 10.1. The van der Waals surface area contributed by atoms with Crippen LogP contribution in [0.2, 0.25) is 0 Å². The fourth-order valence-corrected chi connectivity index (χ4v) is 3.56. The van der Waals surface area contributed by atoms with Crippen molar-refractivity contribution in [1.29, 1.82) is 0 Å². The third-order valence-electron chi connectivity index (χ3n) is 4.42. The van der Waals surface area contributed by atoms with Crippen molar-refractivity contribution in [1.82, 2.24) is 4.90 Å². The minimum absolute atomic E-state index is 0.000196. The highest BCUT2D eigenvalue weighted by atomic mass is 32.2. The molecule has 4 nitrogen and oxygen atoms in total. The summed E-state index contributed by atoms with van der Waals surface area (Å²) in [7, 11) is -3.49. The van der Waals surface area contributed by atoms with Gasteiger partial charge in [0.05, 0.1) is 10.5 Å². The summed E-state index contributed by atoms with van der Waals surface area (Å²) in [5, 5.41) is 0. The summed E-state index contributed by atoms with van der Waals surface area (Å²) in [6.45, 7) is -0.178. The second kappa shape index (κ2) is 6.99. The van der Waals surface area contributed by atoms with Crippen LogP contribution in [0.3, 0.4) is 0 Å². The molecule has 0 saturated heterocycles. The van der Waals surface area contributed by atoms with Crippen molar-refractivity contribution in [2.45, 2.75) is 36.5 Å². The van der Waals surface area contributed by atoms with E-state index in [0.29, 0.717) is 12.8 Å². The van der Waals surface area contributed by atoms with E-state index >= 15 is 0 Å². The molecule has 0 heterocycles. The number of rotatable bonds is 5. The Bertz CT molecular complexity index is 966. The molecule has 2 aromatic carbocycles. The summed E-state index contributed by atoms with van der Waals surface area (Å²) < 4.78 is 63.2. The number of hydrogen-bond acceptors (Lipinski definition) is 3. The molecule has 1 aliphatic carbocycles. The van der Waals surface area contributed by atoms with Gasteiger partial charge in [-0.1, -0.05) is 24.3 Å². The van der Waals surface area contributed by atoms with Gasteiger partial charge in [0.15, 0.2) is 9.84 Å². The second-order valence-electron chi connectivity index (χ2n) is 6.62. The molecule has 1 fully saturated rings. The highest BCUT2D eigenvalue weighted by Gasteiger charge is 2.37. The van der Waals surface area contributed by atoms with E-state index in [1.54, 1.807) is 0 Å². The Morgan fingerprint density at radius 2 is 1.78 bits per heavy atom. The van der Waals surface area contributed by atoms with E-state index in [9.17, 15) is 26.4 Å². The third kappa shape index (κ3) is 4.50. The average Bonchev–Trinajstić information content (AvgIpc) is 3.43. The van der Waals surface area contributed by atoms with Crippen LogP contribution >= 0.6 is 0 Å². The van der Waals surface area contributed by atoms with Gasteiger partial charge in [-0.3, -0.25) is 4.79 Å². The zero-order chi connectivity index (χ0) is 19.8. The van der Waals surface area contributed by atoms with Crippen molar-refractivity contribution < 1.29 is 26.4 Å². The van der Waals surface area contributed by atoms with Gasteiger partial charge in [0.2, 0.25) is 0 Å². The van der Waals surface area contributed by atoms with Crippen LogP contribution in [0.15, 0.2) is 53.4 Å². The van der Waals surface area contributed by atoms with Crippen LogP contribution in [0, 0.1) is 0 Å². The number of hydrogen-bond donors (Lipinski definition) is 0. The molecule has 0 spiro atoms. The van der Waals surface area contributed by atoms with E-state index in [2.05, 4.69) is 0 Å². The Kier molecular flexibility index (Phi) is 5.03. The highest BCUT2D eigenvalue weighted by Crippen LogP contribution is 2.35. The first-order valence-corrected chi connectivity index (χ1v) is 10.2. The molecule has 1 amide bonds. The molecular weight excluding hydrogens is 379 g/mol. The maximum atomic E-state index is 13.3. The van der Waals surface area contributed by atoms with E-state index in [4.69, 9.17) is 0 Å². The van der Waals surface area contributed by atoms with Gasteiger partial charge in [-0.2, -0.15) is 13.2 Å². The van der Waals surface area contributed by atoms with Crippen LogP contribution in [0.1, 0.15) is 34.3 Å². The number of carbonyl (C=O) groups is 1. The zero-order valence-electron chi connectivity index (χ0n) is 14.5. The molecule has 0 atom stereocenters. The van der Waals surface area contributed by atoms with Crippen molar-refractivity contribution >= 4 is 15.7 Å². The lowest BCUT2D eigenvalue weighted by Gasteiger charge is -2.24. The minimum atomic E-state index is -4.51. The fourth-order valence-electron chi connectivity index (χ4n) is 2.90. The summed E-state index contributed by atoms with van der Waals surface area (Å²) in [4.78, 5) is 14.3. The SMILES string of the molecule is CS(=O)(=O)c1cccc(C(=O)N(Cc2ccccc2C(F)(F)F)C2CC2)c1. The first-order chi connectivity index (χ1) is 12.6. The third-order valence-corrected chi connectivity index (χ3v) is 5.53. The molecular formula is C19H18F3NO3S. The Morgan fingerprint density at radius 3 is 2.37 bits per heavy atom. The number of benzene rings is 2. The lowest BCUT2D eigenvalue weighted by molar-refractivity contribution is -0.138. The first-order valence-electron chi connectivity index (χ1n) is 8.33. The molecule has 0 aromatic heterocycles. The Balaban J connectivity index is 1.93. The quantitative estimate of drug-likeness (QED) is 0.769. The van der Waals surface area contributed by atoms with E-state index in [0.717, 1.165) is 12.3 Å². The van der Waals surface area contributed by atoms with Crippen LogP contribution in [0.5, 0.6) is 0 Å². The minimum Gasteiger partial charge on any atom is -0.331 e. The van der Waals surface area contributed by atoms with Crippen LogP contribution in [-0.2, 0) is 22.6 Å². The predicted octanol–water partition coefficient (Wildman–Crippen LogP) is 3.91. The van der Waals surface area contributed by atoms with Gasteiger partial charge in [-0.15, -0.1) is 0 Å². The molecule has 1 saturated carbocycles. The molecule has 0 aliphatic heterocycles. The molecule has 8 heteroatoms. The van der Waals surface area contributed by atoms with Gasteiger partial charge in [0.1, 0.15) is 0 Å². The summed E-state index contributed by atoms with van der Waals surface area (Å²) in [6.07, 6.45) is -2.04. The smallest absolute Gasteiger partial charge is 0.331 e. The zero-order valence-corrected chi connectivity index (χ0v) is 15.3. The van der Waals surface area contributed by atoms with Gasteiger partial charge < -0.3 is 4.90 Å². The van der Waals surface area contributed by atoms with Gasteiger partial charge in [0.25, 0.3) is 5.91 Å². The molecule has 2 aromatic rings. The summed E-state index contributed by atoms with van der Waals surface area (Å²) in [5.74, 6) is -0.472. The standard InChI is InChI=1S/C19H18F3NO3S/c1-27(25,26)16-7-4-6-13(11-16)18(24)23(15-9-10-15)12-14-5-2-3-8-17(14)19(20,21)22/h2-8,11,15H,9-10,12H2,1H3. The summed E-state index contributed by atoms with van der Waals surface area (Å²) in [5.41, 5.74) is -0.604. The van der Waals surface area contributed by atoms with Crippen molar-refractivity contribution in [2.75, 3.05) is 6.26 Å². The van der Waals surface area contributed by atoms with Crippen molar-refractivity contribution in [2.24, 2.45) is 0 Å². The maximum absolute atomic E-state index is 13.3. The van der Waals surface area contributed by atoms with Gasteiger partial charge in [-0.25, -0.2) is 8.42 Å². The molecule has 0 N–H and O–H groups in total. The van der Waals surface area contributed by atoms with E-state index in [-0.39, 0.29) is 28.6 Å². The second-order valence-corrected chi connectivity index (χ2v) is 8.63. The molecule has 1 aliphatic rings. The monoisotopic (exact) mass is 397 g/mol. The van der Waals surface area contributed by atoms with Gasteiger partial charge >= 0.3 is 6.18 Å². The van der Waals surface area contributed by atoms with Crippen LogP contribution in [-0.4, -0.2) is 31.5 Å². The number of halogens is 3. The van der Waals surface area contributed by atoms with Gasteiger partial charge in [-0.05, 0) is 42.7 Å². The summed E-state index contributed by atoms with van der Waals surface area (Å²) in [6, 6.07) is 10.6. The topological polar surface area (TPSA) is 54.5 Å². The average molecular weight is 397 g/mol. The fraction of sp³-hybridized carbons (Fsp3) is 0.316. The largest absolute Gasteiger partial charge is 0.416 e. The highest BCUT2D eigenvalue weighted by molar-refractivity contribution is 7.90. The van der Waals surface area contributed by atoms with E-state index in [1.807, 2.05) is 0 Å². The van der Waals surface area contributed by atoms with E-state index < -0.39 is 27.5 Å². The number of carbonyl (C=O) groups excluding carboxylic acids is 1. The summed E-state index contributed by atoms with van der Waals surface area (Å²) >= 11 is 0. The molecule has 0 unspecified atom stereocenters. The van der Waals surface area contributed by atoms with Crippen molar-refractivity contribution in [3.05, 3.63) is 65.2 Å². The molecule has 27 heavy (non-hydrogen) atoms. The maximum Gasteiger partial charge on any atom is 0.416 e. The number of alkyl halides is 3. The molecule has 3 rings (SSSR count). The van der Waals surface area contributed by atoms with Crippen molar-refractivity contribution in [3.63, 3.8) is 0 Å². The molecule has 0 radical (unpaired) electrons. The van der Waals surface area contributed by atoms with Crippen LogP contribution in [0.25, 0.3) is 0 Å². The number of sulfone groups is 1. The molecule has 0 bridgehead atoms. The van der Waals surface area contributed by atoms with Crippen LogP contribution < -0.4 is 0 Å².